The third-order valence-corrected chi connectivity index (χ3v) is 6.04. The topological polar surface area (TPSA) is 84.1 Å². The van der Waals surface area contributed by atoms with Gasteiger partial charge < -0.3 is 15.0 Å². The van der Waals surface area contributed by atoms with Crippen molar-refractivity contribution in [3.8, 4) is 5.75 Å². The van der Waals surface area contributed by atoms with Crippen LogP contribution in [0.5, 0.6) is 5.75 Å². The first kappa shape index (κ1) is 19.4. The zero-order chi connectivity index (χ0) is 19.2. The maximum Gasteiger partial charge on any atom is 0.259 e. The summed E-state index contributed by atoms with van der Waals surface area (Å²) in [6, 6.07) is 9.47. The van der Waals surface area contributed by atoms with Crippen molar-refractivity contribution in [1.82, 2.24) is 15.3 Å². The molecule has 0 radical (unpaired) electrons. The number of aromatic amines is 1. The van der Waals surface area contributed by atoms with Crippen molar-refractivity contribution in [3.63, 3.8) is 0 Å². The van der Waals surface area contributed by atoms with E-state index in [1.165, 1.54) is 23.1 Å². The van der Waals surface area contributed by atoms with E-state index in [9.17, 15) is 9.59 Å². The van der Waals surface area contributed by atoms with Crippen LogP contribution in [0.4, 0.5) is 0 Å². The number of carbonyl (C=O) groups is 1. The lowest BCUT2D eigenvalue weighted by Crippen LogP contribution is -2.29. The highest BCUT2D eigenvalue weighted by molar-refractivity contribution is 7.99. The normalized spacial score (nSPS) is 10.9. The highest BCUT2D eigenvalue weighted by Gasteiger charge is 2.12. The largest absolute Gasteiger partial charge is 0.492 e. The van der Waals surface area contributed by atoms with Crippen LogP contribution in [0.1, 0.15) is 16.3 Å². The second kappa shape index (κ2) is 9.05. The van der Waals surface area contributed by atoms with Gasteiger partial charge in [-0.3, -0.25) is 9.59 Å². The van der Waals surface area contributed by atoms with Crippen LogP contribution in [-0.2, 0) is 10.5 Å². The number of H-pyrrole nitrogens is 1. The third kappa shape index (κ3) is 5.11. The minimum absolute atomic E-state index is 0.0668. The molecule has 0 spiro atoms. The minimum Gasteiger partial charge on any atom is -0.492 e. The molecule has 0 aliphatic carbocycles. The number of thiophene rings is 1. The Balaban J connectivity index is 1.42. The molecular weight excluding hydrogens is 382 g/mol. The molecule has 0 unspecified atom stereocenters. The molecule has 0 aliphatic rings. The summed E-state index contributed by atoms with van der Waals surface area (Å²) in [6.07, 6.45) is 0. The number of nitrogens with zero attached hydrogens (tertiary/aromatic N) is 1. The Hall–Kier alpha value is -2.32. The summed E-state index contributed by atoms with van der Waals surface area (Å²) >= 11 is 2.94. The fraction of sp³-hybridized carbons (Fsp3) is 0.316. The predicted octanol–water partition coefficient (Wildman–Crippen LogP) is 3.03. The second-order valence-electron chi connectivity index (χ2n) is 5.98. The van der Waals surface area contributed by atoms with Crippen molar-refractivity contribution in [3.05, 3.63) is 57.0 Å². The van der Waals surface area contributed by atoms with E-state index in [0.717, 1.165) is 21.0 Å². The average Bonchev–Trinajstić information content (AvgIpc) is 2.94. The van der Waals surface area contributed by atoms with Gasteiger partial charge in [0, 0.05) is 4.88 Å². The zero-order valence-corrected chi connectivity index (χ0v) is 16.8. The van der Waals surface area contributed by atoms with Gasteiger partial charge >= 0.3 is 0 Å². The van der Waals surface area contributed by atoms with Gasteiger partial charge in [0.2, 0.25) is 5.91 Å². The average molecular weight is 404 g/mol. The minimum atomic E-state index is -0.111. The Morgan fingerprint density at radius 1 is 1.30 bits per heavy atom. The van der Waals surface area contributed by atoms with Crippen molar-refractivity contribution < 1.29 is 9.53 Å². The highest BCUT2D eigenvalue weighted by atomic mass is 32.2. The number of nitrogens with one attached hydrogen (secondary N) is 2. The van der Waals surface area contributed by atoms with Gasteiger partial charge in [-0.15, -0.1) is 23.1 Å². The first-order chi connectivity index (χ1) is 13.0. The van der Waals surface area contributed by atoms with E-state index >= 15 is 0 Å². The summed E-state index contributed by atoms with van der Waals surface area (Å²) in [4.78, 5) is 33.3. The Morgan fingerprint density at radius 2 is 2.07 bits per heavy atom. The van der Waals surface area contributed by atoms with Gasteiger partial charge in [0.15, 0.2) is 0 Å². The van der Waals surface area contributed by atoms with Gasteiger partial charge in [0.05, 0.1) is 23.4 Å². The number of carbonyl (C=O) groups excluding carboxylic acids is 1. The molecule has 0 fully saturated rings. The highest BCUT2D eigenvalue weighted by Crippen LogP contribution is 2.26. The number of aryl methyl sites for hydroxylation is 2. The molecule has 1 amide bonds. The number of benzene rings is 1. The van der Waals surface area contributed by atoms with Crippen LogP contribution in [0.15, 0.2) is 35.1 Å². The number of amides is 1. The Morgan fingerprint density at radius 3 is 2.85 bits per heavy atom. The molecule has 8 heteroatoms. The molecule has 1 aromatic carbocycles. The molecule has 2 N–H and O–H groups in total. The first-order valence-corrected chi connectivity index (χ1v) is 10.5. The Labute approximate surface area is 165 Å². The van der Waals surface area contributed by atoms with Crippen LogP contribution >= 0.6 is 23.1 Å². The number of hydrogen-bond donors (Lipinski definition) is 2. The van der Waals surface area contributed by atoms with Gasteiger partial charge in [-0.25, -0.2) is 4.98 Å². The van der Waals surface area contributed by atoms with Crippen molar-refractivity contribution in [2.75, 3.05) is 18.9 Å². The van der Waals surface area contributed by atoms with E-state index < -0.39 is 0 Å². The number of para-hydroxylation sites is 1. The first-order valence-electron chi connectivity index (χ1n) is 8.56. The quantitative estimate of drug-likeness (QED) is 0.565. The fourth-order valence-corrected chi connectivity index (χ4v) is 4.30. The zero-order valence-electron chi connectivity index (χ0n) is 15.2. The Bertz CT molecular complexity index is 983. The summed E-state index contributed by atoms with van der Waals surface area (Å²) in [5.74, 6) is 2.09. The number of aromatic nitrogens is 2. The third-order valence-electron chi connectivity index (χ3n) is 4.00. The standard InChI is InChI=1S/C19H21N3O3S2/c1-12-13(2)27-19-17(12)18(24)21-15(22-19)10-26-11-16(23)20-8-9-25-14-6-4-3-5-7-14/h3-7H,8-11H2,1-2H3,(H,20,23)(H,21,22,24). The number of fused-ring (bicyclic) bond motifs is 1. The predicted molar refractivity (Wildman–Crippen MR) is 111 cm³/mol. The van der Waals surface area contributed by atoms with Crippen LogP contribution in [0.3, 0.4) is 0 Å². The molecule has 0 atom stereocenters. The van der Waals surface area contributed by atoms with E-state index in [2.05, 4.69) is 15.3 Å². The van der Waals surface area contributed by atoms with E-state index in [1.807, 2.05) is 44.2 Å². The van der Waals surface area contributed by atoms with Crippen LogP contribution in [0.25, 0.3) is 10.2 Å². The number of ether oxygens (including phenoxy) is 1. The summed E-state index contributed by atoms with van der Waals surface area (Å²) in [5.41, 5.74) is 0.875. The molecule has 6 nitrogen and oxygen atoms in total. The molecule has 0 saturated carbocycles. The molecule has 3 rings (SSSR count). The number of rotatable bonds is 8. The summed E-state index contributed by atoms with van der Waals surface area (Å²) in [5, 5.41) is 3.48. The van der Waals surface area contributed by atoms with Gasteiger partial charge in [-0.05, 0) is 31.5 Å². The van der Waals surface area contributed by atoms with E-state index in [1.54, 1.807) is 0 Å². The molecule has 27 heavy (non-hydrogen) atoms. The van der Waals surface area contributed by atoms with E-state index in [0.29, 0.717) is 35.9 Å². The molecular formula is C19H21N3O3S2. The molecule has 3 aromatic rings. The smallest absolute Gasteiger partial charge is 0.259 e. The Kier molecular flexibility index (Phi) is 6.52. The molecule has 2 aromatic heterocycles. The molecule has 0 aliphatic heterocycles. The number of hydrogen-bond acceptors (Lipinski definition) is 6. The maximum atomic E-state index is 12.2. The lowest BCUT2D eigenvalue weighted by Gasteiger charge is -2.07. The maximum absolute atomic E-state index is 12.2. The van der Waals surface area contributed by atoms with Crippen molar-refractivity contribution in [1.29, 1.82) is 0 Å². The summed E-state index contributed by atoms with van der Waals surface area (Å²) < 4.78 is 5.53. The van der Waals surface area contributed by atoms with Gasteiger partial charge in [-0.1, -0.05) is 18.2 Å². The summed E-state index contributed by atoms with van der Waals surface area (Å²) in [7, 11) is 0. The van der Waals surface area contributed by atoms with Gasteiger partial charge in [0.1, 0.15) is 23.0 Å². The molecule has 142 valence electrons. The number of thioether (sulfide) groups is 1. The van der Waals surface area contributed by atoms with E-state index in [-0.39, 0.29) is 11.5 Å². The molecule has 0 saturated heterocycles. The fourth-order valence-electron chi connectivity index (χ4n) is 2.54. The van der Waals surface area contributed by atoms with Crippen LogP contribution < -0.4 is 15.6 Å². The monoisotopic (exact) mass is 403 g/mol. The molecule has 0 bridgehead atoms. The molecule has 2 heterocycles. The SMILES string of the molecule is Cc1sc2nc(CSCC(=O)NCCOc3ccccc3)[nH]c(=O)c2c1C. The van der Waals surface area contributed by atoms with Crippen molar-refractivity contribution >= 4 is 39.2 Å². The van der Waals surface area contributed by atoms with Crippen LogP contribution in [0.2, 0.25) is 0 Å². The van der Waals surface area contributed by atoms with Crippen LogP contribution in [-0.4, -0.2) is 34.8 Å². The van der Waals surface area contributed by atoms with E-state index in [4.69, 9.17) is 4.74 Å². The van der Waals surface area contributed by atoms with Crippen molar-refractivity contribution in [2.45, 2.75) is 19.6 Å². The van der Waals surface area contributed by atoms with Crippen molar-refractivity contribution in [2.24, 2.45) is 0 Å². The van der Waals surface area contributed by atoms with Crippen LogP contribution in [0, 0.1) is 13.8 Å². The van der Waals surface area contributed by atoms with Gasteiger partial charge in [-0.2, -0.15) is 0 Å². The second-order valence-corrected chi connectivity index (χ2v) is 8.17. The van der Waals surface area contributed by atoms with Gasteiger partial charge in [0.25, 0.3) is 5.56 Å². The lowest BCUT2D eigenvalue weighted by atomic mass is 10.2. The summed E-state index contributed by atoms with van der Waals surface area (Å²) in [6.45, 7) is 4.79. The lowest BCUT2D eigenvalue weighted by molar-refractivity contribution is -0.118.